The Morgan fingerprint density at radius 1 is 0.923 bits per heavy atom. The molecule has 2 aliphatic heterocycles. The summed E-state index contributed by atoms with van der Waals surface area (Å²) in [6.45, 7) is 4.79. The molecule has 0 aromatic rings. The highest BCUT2D eigenvalue weighted by molar-refractivity contribution is 5.74. The van der Waals surface area contributed by atoms with Gasteiger partial charge in [0.2, 0.25) is 0 Å². The Bertz CT molecular complexity index is 184. The molecule has 0 spiro atoms. The molecule has 0 unspecified atom stereocenters. The molecule has 2 fully saturated rings. The molecule has 4 nitrogen and oxygen atoms in total. The summed E-state index contributed by atoms with van der Waals surface area (Å²) in [6.07, 6.45) is 2.33. The molecule has 2 aliphatic rings. The van der Waals surface area contributed by atoms with Gasteiger partial charge in [0.25, 0.3) is 0 Å². The summed E-state index contributed by atoms with van der Waals surface area (Å²) < 4.78 is 5.20. The van der Waals surface area contributed by atoms with E-state index in [0.29, 0.717) is 13.2 Å². The molecule has 4 heteroatoms. The minimum atomic E-state index is 0.209. The normalized spacial score (nSPS) is 23.7. The summed E-state index contributed by atoms with van der Waals surface area (Å²) >= 11 is 0. The fourth-order valence-corrected chi connectivity index (χ4v) is 1.86. The van der Waals surface area contributed by atoms with E-state index in [1.807, 2.05) is 9.80 Å². The number of hydrogen-bond donors (Lipinski definition) is 0. The molecule has 13 heavy (non-hydrogen) atoms. The number of urea groups is 1. The van der Waals surface area contributed by atoms with Crippen LogP contribution >= 0.6 is 0 Å². The minimum absolute atomic E-state index is 0.209. The number of hydrogen-bond acceptors (Lipinski definition) is 2. The predicted octanol–water partition coefficient (Wildman–Crippen LogP) is 0.534. The number of carbonyl (C=O) groups is 1. The van der Waals surface area contributed by atoms with Crippen LogP contribution in [-0.4, -0.2) is 55.2 Å². The molecule has 0 atom stereocenters. The summed E-state index contributed by atoms with van der Waals surface area (Å²) in [6, 6.07) is 0.209. The molecule has 2 heterocycles. The Hall–Kier alpha value is -0.770. The lowest BCUT2D eigenvalue weighted by Crippen LogP contribution is -2.47. The van der Waals surface area contributed by atoms with Gasteiger partial charge in [-0.25, -0.2) is 4.79 Å². The van der Waals surface area contributed by atoms with Crippen LogP contribution in [-0.2, 0) is 4.74 Å². The van der Waals surface area contributed by atoms with Crippen LogP contribution in [0.15, 0.2) is 0 Å². The van der Waals surface area contributed by atoms with E-state index in [2.05, 4.69) is 0 Å². The van der Waals surface area contributed by atoms with Gasteiger partial charge in [-0.2, -0.15) is 0 Å². The largest absolute Gasteiger partial charge is 0.378 e. The number of morpholine rings is 1. The van der Waals surface area contributed by atoms with Crippen molar-refractivity contribution in [3.05, 3.63) is 0 Å². The van der Waals surface area contributed by atoms with Crippen molar-refractivity contribution in [2.75, 3.05) is 39.4 Å². The van der Waals surface area contributed by atoms with Crippen LogP contribution < -0.4 is 0 Å². The average Bonchev–Trinajstić information content (AvgIpc) is 2.71. The zero-order chi connectivity index (χ0) is 9.10. The Labute approximate surface area is 78.4 Å². The molecular formula is C9H16N2O2. The van der Waals surface area contributed by atoms with Crippen molar-refractivity contribution in [1.82, 2.24) is 9.80 Å². The van der Waals surface area contributed by atoms with E-state index in [9.17, 15) is 4.79 Å². The first-order valence-corrected chi connectivity index (χ1v) is 4.99. The van der Waals surface area contributed by atoms with Crippen molar-refractivity contribution >= 4 is 6.03 Å². The van der Waals surface area contributed by atoms with Gasteiger partial charge < -0.3 is 14.5 Å². The number of nitrogens with zero attached hydrogens (tertiary/aromatic N) is 2. The van der Waals surface area contributed by atoms with Gasteiger partial charge in [-0.15, -0.1) is 0 Å². The second-order valence-electron chi connectivity index (χ2n) is 3.58. The van der Waals surface area contributed by atoms with E-state index < -0.39 is 0 Å². The Balaban J connectivity index is 1.87. The first kappa shape index (κ1) is 8.81. The molecule has 0 bridgehead atoms. The molecule has 0 radical (unpaired) electrons. The molecule has 2 saturated heterocycles. The van der Waals surface area contributed by atoms with E-state index in [1.54, 1.807) is 0 Å². The average molecular weight is 184 g/mol. The second kappa shape index (κ2) is 3.96. The zero-order valence-electron chi connectivity index (χ0n) is 7.87. The van der Waals surface area contributed by atoms with Gasteiger partial charge in [0.1, 0.15) is 0 Å². The number of carbonyl (C=O) groups excluding carboxylic acids is 1. The van der Waals surface area contributed by atoms with E-state index in [1.165, 1.54) is 0 Å². The molecule has 0 aromatic heterocycles. The van der Waals surface area contributed by atoms with Crippen LogP contribution in [0.25, 0.3) is 0 Å². The maximum Gasteiger partial charge on any atom is 0.320 e. The van der Waals surface area contributed by atoms with Crippen LogP contribution in [0, 0.1) is 0 Å². The third-order valence-corrected chi connectivity index (χ3v) is 2.66. The first-order chi connectivity index (χ1) is 6.38. The van der Waals surface area contributed by atoms with Gasteiger partial charge in [0.15, 0.2) is 0 Å². The fraction of sp³-hybridized carbons (Fsp3) is 0.889. The maximum absolute atomic E-state index is 11.8. The van der Waals surface area contributed by atoms with Crippen molar-refractivity contribution in [3.63, 3.8) is 0 Å². The van der Waals surface area contributed by atoms with Crippen molar-refractivity contribution in [2.45, 2.75) is 12.8 Å². The zero-order valence-corrected chi connectivity index (χ0v) is 7.87. The molecule has 2 amide bonds. The van der Waals surface area contributed by atoms with Gasteiger partial charge in [-0.1, -0.05) is 0 Å². The van der Waals surface area contributed by atoms with Gasteiger partial charge >= 0.3 is 6.03 Å². The smallest absolute Gasteiger partial charge is 0.320 e. The van der Waals surface area contributed by atoms with Crippen LogP contribution in [0.4, 0.5) is 4.79 Å². The lowest BCUT2D eigenvalue weighted by molar-refractivity contribution is 0.0452. The van der Waals surface area contributed by atoms with E-state index in [4.69, 9.17) is 4.74 Å². The van der Waals surface area contributed by atoms with Crippen molar-refractivity contribution < 1.29 is 9.53 Å². The van der Waals surface area contributed by atoms with E-state index in [0.717, 1.165) is 39.0 Å². The second-order valence-corrected chi connectivity index (χ2v) is 3.58. The molecule has 0 N–H and O–H groups in total. The molecule has 74 valence electrons. The van der Waals surface area contributed by atoms with Crippen LogP contribution in [0.2, 0.25) is 0 Å². The first-order valence-electron chi connectivity index (χ1n) is 4.99. The molecule has 2 rings (SSSR count). The fourth-order valence-electron chi connectivity index (χ4n) is 1.86. The Kier molecular flexibility index (Phi) is 2.68. The lowest BCUT2D eigenvalue weighted by Gasteiger charge is -2.30. The highest BCUT2D eigenvalue weighted by atomic mass is 16.5. The van der Waals surface area contributed by atoms with Gasteiger partial charge in [-0.3, -0.25) is 0 Å². The SMILES string of the molecule is O=C(N1CCCC1)N1CCOCC1. The number of amides is 2. The van der Waals surface area contributed by atoms with Gasteiger partial charge in [0, 0.05) is 26.2 Å². The summed E-state index contributed by atoms with van der Waals surface area (Å²) in [4.78, 5) is 15.6. The molecule has 0 saturated carbocycles. The summed E-state index contributed by atoms with van der Waals surface area (Å²) in [5.74, 6) is 0. The lowest BCUT2D eigenvalue weighted by atomic mass is 10.4. The Morgan fingerprint density at radius 2 is 1.46 bits per heavy atom. The molecule has 0 aromatic carbocycles. The van der Waals surface area contributed by atoms with Crippen molar-refractivity contribution in [2.24, 2.45) is 0 Å². The number of rotatable bonds is 0. The highest BCUT2D eigenvalue weighted by Crippen LogP contribution is 2.11. The van der Waals surface area contributed by atoms with E-state index in [-0.39, 0.29) is 6.03 Å². The van der Waals surface area contributed by atoms with Crippen LogP contribution in [0.5, 0.6) is 0 Å². The summed E-state index contributed by atoms with van der Waals surface area (Å²) in [5, 5.41) is 0. The molecule has 0 aliphatic carbocycles. The van der Waals surface area contributed by atoms with Crippen LogP contribution in [0.3, 0.4) is 0 Å². The number of ether oxygens (including phenoxy) is 1. The number of likely N-dealkylation sites (tertiary alicyclic amines) is 1. The molecular weight excluding hydrogens is 168 g/mol. The maximum atomic E-state index is 11.8. The van der Waals surface area contributed by atoms with E-state index >= 15 is 0 Å². The third kappa shape index (κ3) is 1.94. The third-order valence-electron chi connectivity index (χ3n) is 2.66. The van der Waals surface area contributed by atoms with Crippen molar-refractivity contribution in [3.8, 4) is 0 Å². The van der Waals surface area contributed by atoms with Gasteiger partial charge in [-0.05, 0) is 12.8 Å². The van der Waals surface area contributed by atoms with Crippen LogP contribution in [0.1, 0.15) is 12.8 Å². The summed E-state index contributed by atoms with van der Waals surface area (Å²) in [5.41, 5.74) is 0. The topological polar surface area (TPSA) is 32.8 Å². The summed E-state index contributed by atoms with van der Waals surface area (Å²) in [7, 11) is 0. The quantitative estimate of drug-likeness (QED) is 0.550. The standard InChI is InChI=1S/C9H16N2O2/c12-9(10-3-1-2-4-10)11-5-7-13-8-6-11/h1-8H2. The highest BCUT2D eigenvalue weighted by Gasteiger charge is 2.24. The van der Waals surface area contributed by atoms with Gasteiger partial charge in [0.05, 0.1) is 13.2 Å². The monoisotopic (exact) mass is 184 g/mol. The predicted molar refractivity (Wildman–Crippen MR) is 48.6 cm³/mol. The minimum Gasteiger partial charge on any atom is -0.378 e. The Morgan fingerprint density at radius 3 is 2.08 bits per heavy atom. The van der Waals surface area contributed by atoms with Crippen molar-refractivity contribution in [1.29, 1.82) is 0 Å².